The maximum Gasteiger partial charge on any atom is 0.163 e. The second-order valence-corrected chi connectivity index (χ2v) is 6.60. The average molecular weight is 348 g/mol. The van der Waals surface area contributed by atoms with Crippen molar-refractivity contribution in [1.82, 2.24) is 15.0 Å². The van der Waals surface area contributed by atoms with Crippen LogP contribution in [0.3, 0.4) is 0 Å². The largest absolute Gasteiger partial charge is 0.491 e. The molecule has 3 aromatic rings. The number of rotatable bonds is 6. The summed E-state index contributed by atoms with van der Waals surface area (Å²) in [6.07, 6.45) is 3.69. The summed E-state index contributed by atoms with van der Waals surface area (Å²) in [7, 11) is 2.03. The lowest BCUT2D eigenvalue weighted by Gasteiger charge is -2.20. The summed E-state index contributed by atoms with van der Waals surface area (Å²) in [5.74, 6) is 2.46. The van der Waals surface area contributed by atoms with Crippen molar-refractivity contribution < 1.29 is 4.74 Å². The van der Waals surface area contributed by atoms with Crippen LogP contribution in [0.2, 0.25) is 0 Å². The Bertz CT molecular complexity index is 865. The second-order valence-electron chi connectivity index (χ2n) is 6.60. The van der Waals surface area contributed by atoms with Crippen LogP contribution < -0.4 is 9.64 Å². The van der Waals surface area contributed by atoms with E-state index in [0.717, 1.165) is 29.4 Å². The molecule has 0 radical (unpaired) electrons. The number of nitrogens with zero attached hydrogens (tertiary/aromatic N) is 4. The van der Waals surface area contributed by atoms with E-state index in [1.807, 2.05) is 58.2 Å². The summed E-state index contributed by atoms with van der Waals surface area (Å²) in [5, 5.41) is 0. The van der Waals surface area contributed by atoms with Crippen LogP contribution in [0.5, 0.6) is 5.75 Å². The van der Waals surface area contributed by atoms with E-state index >= 15 is 0 Å². The molecule has 0 unspecified atom stereocenters. The third kappa shape index (κ3) is 4.57. The van der Waals surface area contributed by atoms with Gasteiger partial charge in [-0.25, -0.2) is 9.97 Å². The molecule has 0 aliphatic carbocycles. The standard InChI is InChI=1S/C21H24N4O/c1-15(2)26-19-9-5-7-17(12-19)14-25(4)20-11-16(3)23-21(24-20)18-8-6-10-22-13-18/h5-13,15H,14H2,1-4H3. The van der Waals surface area contributed by atoms with E-state index in [4.69, 9.17) is 9.72 Å². The van der Waals surface area contributed by atoms with Crippen molar-refractivity contribution in [1.29, 1.82) is 0 Å². The minimum Gasteiger partial charge on any atom is -0.491 e. The molecule has 0 bridgehead atoms. The molecule has 5 heteroatoms. The van der Waals surface area contributed by atoms with Crippen LogP contribution in [0, 0.1) is 6.92 Å². The van der Waals surface area contributed by atoms with Crippen LogP contribution in [0.4, 0.5) is 5.82 Å². The zero-order valence-electron chi connectivity index (χ0n) is 15.7. The summed E-state index contributed by atoms with van der Waals surface area (Å²) in [6, 6.07) is 14.0. The molecule has 0 aliphatic heterocycles. The van der Waals surface area contributed by atoms with Gasteiger partial charge in [0.1, 0.15) is 11.6 Å². The molecule has 0 fully saturated rings. The molecule has 3 rings (SSSR count). The van der Waals surface area contributed by atoms with Gasteiger partial charge in [-0.05, 0) is 50.6 Å². The van der Waals surface area contributed by atoms with Gasteiger partial charge < -0.3 is 9.64 Å². The summed E-state index contributed by atoms with van der Waals surface area (Å²) in [6.45, 7) is 6.78. The van der Waals surface area contributed by atoms with Gasteiger partial charge in [-0.15, -0.1) is 0 Å². The quantitative estimate of drug-likeness (QED) is 0.666. The van der Waals surface area contributed by atoms with Crippen LogP contribution in [-0.2, 0) is 6.54 Å². The number of ether oxygens (including phenoxy) is 1. The Hall–Kier alpha value is -2.95. The Morgan fingerprint density at radius 3 is 2.65 bits per heavy atom. The van der Waals surface area contributed by atoms with Gasteiger partial charge in [-0.1, -0.05) is 12.1 Å². The van der Waals surface area contributed by atoms with Crippen LogP contribution in [0.15, 0.2) is 54.9 Å². The lowest BCUT2D eigenvalue weighted by molar-refractivity contribution is 0.242. The van der Waals surface area contributed by atoms with Crippen LogP contribution >= 0.6 is 0 Å². The fourth-order valence-electron chi connectivity index (χ4n) is 2.72. The Kier molecular flexibility index (Phi) is 5.46. The van der Waals surface area contributed by atoms with Crippen molar-refractivity contribution in [3.63, 3.8) is 0 Å². The van der Waals surface area contributed by atoms with Gasteiger partial charge in [0.2, 0.25) is 0 Å². The van der Waals surface area contributed by atoms with Gasteiger partial charge in [-0.3, -0.25) is 4.98 Å². The highest BCUT2D eigenvalue weighted by molar-refractivity contribution is 5.56. The SMILES string of the molecule is Cc1cc(N(C)Cc2cccc(OC(C)C)c2)nc(-c2cccnc2)n1. The van der Waals surface area contributed by atoms with Gasteiger partial charge in [0.25, 0.3) is 0 Å². The fraction of sp³-hybridized carbons (Fsp3) is 0.286. The van der Waals surface area contributed by atoms with Crippen LogP contribution in [-0.4, -0.2) is 28.1 Å². The van der Waals surface area contributed by atoms with Gasteiger partial charge in [0.05, 0.1) is 6.10 Å². The van der Waals surface area contributed by atoms with Crippen molar-refractivity contribution in [2.75, 3.05) is 11.9 Å². The number of aromatic nitrogens is 3. The first kappa shape index (κ1) is 17.9. The molecule has 0 aliphatic rings. The maximum absolute atomic E-state index is 5.79. The first-order chi connectivity index (χ1) is 12.5. The predicted octanol–water partition coefficient (Wildman–Crippen LogP) is 4.27. The Balaban J connectivity index is 1.82. The number of benzene rings is 1. The van der Waals surface area contributed by atoms with E-state index in [9.17, 15) is 0 Å². The van der Waals surface area contributed by atoms with E-state index < -0.39 is 0 Å². The highest BCUT2D eigenvalue weighted by atomic mass is 16.5. The second kappa shape index (κ2) is 7.95. The van der Waals surface area contributed by atoms with E-state index in [1.54, 1.807) is 12.4 Å². The molecule has 1 aromatic carbocycles. The Morgan fingerprint density at radius 2 is 1.92 bits per heavy atom. The molecule has 5 nitrogen and oxygen atoms in total. The van der Waals surface area contributed by atoms with Gasteiger partial charge in [0.15, 0.2) is 5.82 Å². The van der Waals surface area contributed by atoms with Crippen molar-refractivity contribution in [2.24, 2.45) is 0 Å². The third-order valence-electron chi connectivity index (χ3n) is 3.84. The van der Waals surface area contributed by atoms with E-state index in [2.05, 4.69) is 27.0 Å². The molecule has 0 amide bonds. The topological polar surface area (TPSA) is 51.1 Å². The van der Waals surface area contributed by atoms with Crippen molar-refractivity contribution >= 4 is 5.82 Å². The van der Waals surface area contributed by atoms with E-state index in [1.165, 1.54) is 5.56 Å². The first-order valence-corrected chi connectivity index (χ1v) is 8.74. The molecule has 26 heavy (non-hydrogen) atoms. The average Bonchev–Trinajstić information content (AvgIpc) is 2.61. The number of hydrogen-bond acceptors (Lipinski definition) is 5. The number of hydrogen-bond donors (Lipinski definition) is 0. The van der Waals surface area contributed by atoms with E-state index in [-0.39, 0.29) is 6.10 Å². The minimum absolute atomic E-state index is 0.162. The fourth-order valence-corrected chi connectivity index (χ4v) is 2.72. The molecule has 0 saturated carbocycles. The van der Waals surface area contributed by atoms with Crippen molar-refractivity contribution in [3.8, 4) is 17.1 Å². The number of anilines is 1. The minimum atomic E-state index is 0.162. The summed E-state index contributed by atoms with van der Waals surface area (Å²) in [4.78, 5) is 15.5. The zero-order chi connectivity index (χ0) is 18.5. The molecule has 134 valence electrons. The third-order valence-corrected chi connectivity index (χ3v) is 3.84. The Labute approximate surface area is 154 Å². The highest BCUT2D eigenvalue weighted by Crippen LogP contribution is 2.21. The number of aryl methyl sites for hydroxylation is 1. The summed E-state index contributed by atoms with van der Waals surface area (Å²) < 4.78 is 5.79. The summed E-state index contributed by atoms with van der Waals surface area (Å²) in [5.41, 5.74) is 3.01. The molecular weight excluding hydrogens is 324 g/mol. The van der Waals surface area contributed by atoms with Gasteiger partial charge >= 0.3 is 0 Å². The monoisotopic (exact) mass is 348 g/mol. The highest BCUT2D eigenvalue weighted by Gasteiger charge is 2.10. The molecule has 0 atom stereocenters. The summed E-state index contributed by atoms with van der Waals surface area (Å²) >= 11 is 0. The van der Waals surface area contributed by atoms with Crippen molar-refractivity contribution in [2.45, 2.75) is 33.4 Å². The lowest BCUT2D eigenvalue weighted by Crippen LogP contribution is -2.18. The van der Waals surface area contributed by atoms with Gasteiger partial charge in [-0.2, -0.15) is 0 Å². The predicted molar refractivity (Wildman–Crippen MR) is 104 cm³/mol. The normalized spacial score (nSPS) is 10.8. The first-order valence-electron chi connectivity index (χ1n) is 8.74. The molecule has 0 spiro atoms. The molecule has 0 N–H and O–H groups in total. The molecular formula is C21H24N4O. The van der Waals surface area contributed by atoms with E-state index in [0.29, 0.717) is 5.82 Å². The smallest absolute Gasteiger partial charge is 0.163 e. The van der Waals surface area contributed by atoms with Crippen LogP contribution in [0.1, 0.15) is 25.1 Å². The zero-order valence-corrected chi connectivity index (χ0v) is 15.7. The lowest BCUT2D eigenvalue weighted by atomic mass is 10.2. The molecule has 2 heterocycles. The van der Waals surface area contributed by atoms with Gasteiger partial charge in [0, 0.05) is 43.3 Å². The number of pyridine rings is 1. The molecule has 0 saturated heterocycles. The van der Waals surface area contributed by atoms with Crippen LogP contribution in [0.25, 0.3) is 11.4 Å². The molecule has 2 aromatic heterocycles. The maximum atomic E-state index is 5.79. The van der Waals surface area contributed by atoms with Crippen molar-refractivity contribution in [3.05, 3.63) is 66.1 Å². The Morgan fingerprint density at radius 1 is 1.08 bits per heavy atom.